The molecule has 1 aliphatic heterocycles. The van der Waals surface area contributed by atoms with Gasteiger partial charge < -0.3 is 27.4 Å². The van der Waals surface area contributed by atoms with Crippen molar-refractivity contribution in [1.29, 1.82) is 0 Å². The fraction of sp³-hybridized carbons (Fsp3) is 0.818. The van der Waals surface area contributed by atoms with Crippen molar-refractivity contribution in [2.75, 3.05) is 19.6 Å². The summed E-state index contributed by atoms with van der Waals surface area (Å²) >= 11 is 0. The zero-order chi connectivity index (χ0) is 14.5. The average Bonchev–Trinajstić information content (AvgIpc) is 2.34. The van der Waals surface area contributed by atoms with Crippen molar-refractivity contribution >= 4 is 11.9 Å². The lowest BCUT2D eigenvalue weighted by Crippen LogP contribution is -2.63. The van der Waals surface area contributed by atoms with Crippen molar-refractivity contribution in [3.63, 3.8) is 0 Å². The third kappa shape index (κ3) is 4.34. The summed E-state index contributed by atoms with van der Waals surface area (Å²) in [7, 11) is 0. The summed E-state index contributed by atoms with van der Waals surface area (Å²) in [6.45, 7) is 1.31. The molecular weight excluding hydrogens is 250 g/mol. The number of carboxylic acid groups (broad SMARTS) is 1. The predicted octanol–water partition coefficient (Wildman–Crippen LogP) is -1.76. The Kier molecular flexibility index (Phi) is 5.52. The quantitative estimate of drug-likeness (QED) is 0.218. The lowest BCUT2D eigenvalue weighted by Gasteiger charge is -2.41. The second kappa shape index (κ2) is 6.69. The molecule has 1 atom stereocenters. The molecule has 0 aromatic heterocycles. The Morgan fingerprint density at radius 2 is 1.95 bits per heavy atom. The molecule has 110 valence electrons. The van der Waals surface area contributed by atoms with Crippen LogP contribution in [-0.4, -0.2) is 58.4 Å². The zero-order valence-corrected chi connectivity index (χ0v) is 11.0. The topological polar surface area (TPSA) is 151 Å². The summed E-state index contributed by atoms with van der Waals surface area (Å²) in [5.74, 6) is -1.08. The van der Waals surface area contributed by atoms with Crippen LogP contribution in [0.3, 0.4) is 0 Å². The summed E-state index contributed by atoms with van der Waals surface area (Å²) in [5, 5.41) is 18.8. The fourth-order valence-electron chi connectivity index (χ4n) is 2.22. The van der Waals surface area contributed by atoms with Gasteiger partial charge in [-0.15, -0.1) is 0 Å². The maximum absolute atomic E-state index is 11.4. The Morgan fingerprint density at radius 1 is 1.37 bits per heavy atom. The van der Waals surface area contributed by atoms with Crippen molar-refractivity contribution in [2.24, 2.45) is 22.2 Å². The van der Waals surface area contributed by atoms with E-state index < -0.39 is 11.6 Å². The Balaban J connectivity index is 2.58. The average molecular weight is 273 g/mol. The number of nitrogens with zero attached hydrogens (tertiary/aromatic N) is 2. The number of carboxylic acids is 1. The van der Waals surface area contributed by atoms with Gasteiger partial charge in [0.1, 0.15) is 0 Å². The minimum absolute atomic E-state index is 0.0148. The van der Waals surface area contributed by atoms with Crippen LogP contribution in [0, 0.1) is 0 Å². The van der Waals surface area contributed by atoms with Crippen LogP contribution in [0.25, 0.3) is 0 Å². The van der Waals surface area contributed by atoms with E-state index in [4.69, 9.17) is 17.2 Å². The second-order valence-corrected chi connectivity index (χ2v) is 4.86. The number of aliphatic carboxylic acids is 1. The molecule has 19 heavy (non-hydrogen) atoms. The minimum atomic E-state index is -1.42. The second-order valence-electron chi connectivity index (χ2n) is 4.86. The number of likely N-dealkylation sites (tertiary alicyclic amines) is 1. The Hall–Kier alpha value is -1.38. The number of hydrogen-bond donors (Lipinski definition) is 5. The molecule has 0 aromatic carbocycles. The van der Waals surface area contributed by atoms with Crippen LogP contribution in [0.5, 0.6) is 0 Å². The summed E-state index contributed by atoms with van der Waals surface area (Å²) in [6.07, 6.45) is 1.46. The van der Waals surface area contributed by atoms with Crippen molar-refractivity contribution in [1.82, 2.24) is 4.90 Å². The summed E-state index contributed by atoms with van der Waals surface area (Å²) in [5.41, 5.74) is 15.0. The first-order chi connectivity index (χ1) is 8.86. The van der Waals surface area contributed by atoms with E-state index >= 15 is 0 Å². The molecule has 0 spiro atoms. The molecule has 0 aliphatic carbocycles. The molecule has 0 bridgehead atoms. The molecule has 0 amide bonds. The lowest BCUT2D eigenvalue weighted by molar-refractivity contribution is -0.154. The SMILES string of the molecule is NC(N)=NCCCC(N)(C(=O)O)N1CCC(O)CC1. The third-order valence-electron chi connectivity index (χ3n) is 3.41. The number of nitrogens with two attached hydrogens (primary N) is 3. The van der Waals surface area contributed by atoms with Gasteiger partial charge in [-0.3, -0.25) is 9.89 Å². The van der Waals surface area contributed by atoms with E-state index in [1.807, 2.05) is 0 Å². The molecule has 0 aromatic rings. The lowest BCUT2D eigenvalue weighted by atomic mass is 9.98. The van der Waals surface area contributed by atoms with Crippen molar-refractivity contribution in [3.05, 3.63) is 0 Å². The van der Waals surface area contributed by atoms with Crippen LogP contribution in [-0.2, 0) is 4.79 Å². The standard InChI is InChI=1S/C11H23N5O3/c12-10(13)15-5-1-4-11(14,9(18)19)16-6-2-8(17)3-7-16/h8,17H,1-7,14H2,(H,18,19)(H4,12,13,15). The van der Waals surface area contributed by atoms with Crippen LogP contribution in [0.15, 0.2) is 4.99 Å². The van der Waals surface area contributed by atoms with Crippen LogP contribution in [0.2, 0.25) is 0 Å². The largest absolute Gasteiger partial charge is 0.479 e. The van der Waals surface area contributed by atoms with Gasteiger partial charge in [-0.2, -0.15) is 0 Å². The van der Waals surface area contributed by atoms with Gasteiger partial charge in [0.05, 0.1) is 6.10 Å². The number of carbonyl (C=O) groups is 1. The van der Waals surface area contributed by atoms with E-state index in [1.54, 1.807) is 4.90 Å². The molecule has 8 N–H and O–H groups in total. The molecule has 1 heterocycles. The zero-order valence-electron chi connectivity index (χ0n) is 11.0. The number of guanidine groups is 1. The van der Waals surface area contributed by atoms with E-state index in [1.165, 1.54) is 0 Å². The highest BCUT2D eigenvalue weighted by atomic mass is 16.4. The maximum atomic E-state index is 11.4. The van der Waals surface area contributed by atoms with Crippen molar-refractivity contribution in [3.8, 4) is 0 Å². The first-order valence-corrected chi connectivity index (χ1v) is 6.37. The van der Waals surface area contributed by atoms with Crippen LogP contribution in [0.1, 0.15) is 25.7 Å². The minimum Gasteiger partial charge on any atom is -0.479 e. The number of aliphatic hydroxyl groups excluding tert-OH is 1. The smallest absolute Gasteiger partial charge is 0.338 e. The monoisotopic (exact) mass is 273 g/mol. The highest BCUT2D eigenvalue weighted by Gasteiger charge is 2.41. The van der Waals surface area contributed by atoms with Gasteiger partial charge in [0.25, 0.3) is 0 Å². The Morgan fingerprint density at radius 3 is 2.42 bits per heavy atom. The summed E-state index contributed by atoms with van der Waals surface area (Å²) in [6, 6.07) is 0. The number of piperidine rings is 1. The summed E-state index contributed by atoms with van der Waals surface area (Å²) in [4.78, 5) is 16.9. The van der Waals surface area contributed by atoms with Crippen LogP contribution in [0.4, 0.5) is 0 Å². The predicted molar refractivity (Wildman–Crippen MR) is 71.3 cm³/mol. The number of aliphatic imine (C=N–C) groups is 1. The van der Waals surface area contributed by atoms with Crippen molar-refractivity contribution < 1.29 is 15.0 Å². The molecule has 8 heteroatoms. The van der Waals surface area contributed by atoms with Gasteiger partial charge in [0.15, 0.2) is 11.6 Å². The number of rotatable bonds is 6. The van der Waals surface area contributed by atoms with Crippen LogP contribution < -0.4 is 17.2 Å². The molecule has 0 saturated carbocycles. The Bertz CT molecular complexity index is 337. The van der Waals surface area contributed by atoms with E-state index in [-0.39, 0.29) is 18.5 Å². The van der Waals surface area contributed by atoms with Gasteiger partial charge in [0.2, 0.25) is 0 Å². The molecule has 1 rings (SSSR count). The highest BCUT2D eigenvalue weighted by molar-refractivity contribution is 5.78. The van der Waals surface area contributed by atoms with Gasteiger partial charge in [0, 0.05) is 19.6 Å². The highest BCUT2D eigenvalue weighted by Crippen LogP contribution is 2.22. The Labute approximate surface area is 112 Å². The first-order valence-electron chi connectivity index (χ1n) is 6.37. The molecular formula is C11H23N5O3. The van der Waals surface area contributed by atoms with E-state index in [0.29, 0.717) is 38.9 Å². The molecule has 8 nitrogen and oxygen atoms in total. The molecule has 1 unspecified atom stereocenters. The van der Waals surface area contributed by atoms with Gasteiger partial charge in [-0.1, -0.05) is 0 Å². The maximum Gasteiger partial charge on any atom is 0.338 e. The summed E-state index contributed by atoms with van der Waals surface area (Å²) < 4.78 is 0. The van der Waals surface area contributed by atoms with Crippen molar-refractivity contribution in [2.45, 2.75) is 37.5 Å². The van der Waals surface area contributed by atoms with E-state index in [9.17, 15) is 15.0 Å². The number of hydrogen-bond acceptors (Lipinski definition) is 5. The van der Waals surface area contributed by atoms with Gasteiger partial charge >= 0.3 is 5.97 Å². The fourth-order valence-corrected chi connectivity index (χ4v) is 2.22. The van der Waals surface area contributed by atoms with Gasteiger partial charge in [-0.25, -0.2) is 4.79 Å². The van der Waals surface area contributed by atoms with Gasteiger partial charge in [-0.05, 0) is 25.7 Å². The normalized spacial score (nSPS) is 20.7. The molecule has 1 aliphatic rings. The molecule has 0 radical (unpaired) electrons. The van der Waals surface area contributed by atoms with E-state index in [2.05, 4.69) is 4.99 Å². The first kappa shape index (κ1) is 15.7. The number of aliphatic hydroxyl groups is 1. The molecule has 1 fully saturated rings. The van der Waals surface area contributed by atoms with E-state index in [0.717, 1.165) is 0 Å². The van der Waals surface area contributed by atoms with Crippen LogP contribution >= 0.6 is 0 Å². The molecule has 1 saturated heterocycles. The third-order valence-corrected chi connectivity index (χ3v) is 3.41.